The molecule has 192 valence electrons. The molecule has 3 atom stereocenters. The summed E-state index contributed by atoms with van der Waals surface area (Å²) in [4.78, 5) is 50.6. The van der Waals surface area contributed by atoms with E-state index in [9.17, 15) is 32.3 Å². The van der Waals surface area contributed by atoms with Gasteiger partial charge in [0, 0.05) is 12.5 Å². The van der Waals surface area contributed by atoms with Gasteiger partial charge < -0.3 is 20.7 Å². The van der Waals surface area contributed by atoms with Crippen molar-refractivity contribution >= 4 is 23.5 Å². The minimum atomic E-state index is -5.01. The molecular formula is C22H32F3N3O6. The lowest BCUT2D eigenvalue weighted by Gasteiger charge is -2.29. The van der Waals surface area contributed by atoms with Crippen molar-refractivity contribution in [3.63, 3.8) is 0 Å². The van der Waals surface area contributed by atoms with Crippen LogP contribution in [0.3, 0.4) is 0 Å². The van der Waals surface area contributed by atoms with E-state index in [0.29, 0.717) is 25.8 Å². The Bertz CT molecular complexity index is 795. The monoisotopic (exact) mass is 491 g/mol. The molecule has 9 nitrogen and oxygen atoms in total. The Morgan fingerprint density at radius 2 is 1.82 bits per heavy atom. The second-order valence-electron chi connectivity index (χ2n) is 9.74. The van der Waals surface area contributed by atoms with E-state index in [0.717, 1.165) is 12.8 Å². The van der Waals surface area contributed by atoms with Gasteiger partial charge in [0.05, 0.1) is 12.1 Å². The van der Waals surface area contributed by atoms with Crippen molar-refractivity contribution in [3.05, 3.63) is 0 Å². The van der Waals surface area contributed by atoms with Gasteiger partial charge in [0.25, 0.3) is 5.91 Å². The van der Waals surface area contributed by atoms with Gasteiger partial charge >= 0.3 is 6.36 Å². The fraction of sp³-hybridized carbons (Fsp3) is 0.818. The number of hydrogen-bond acceptors (Lipinski definition) is 6. The van der Waals surface area contributed by atoms with Gasteiger partial charge in [-0.25, -0.2) is 0 Å². The van der Waals surface area contributed by atoms with Crippen LogP contribution >= 0.6 is 0 Å². The summed E-state index contributed by atoms with van der Waals surface area (Å²) in [5.41, 5.74) is -0.960. The number of carbonyl (C=O) groups excluding carboxylic acids is 4. The SMILES string of the molecule is CC(C)C[C@H](NC(=O)C12CCC(CC1)O2)C(=O)N[C@@H](C[C@@H]1CCNC1=O)C(=O)COC(F)(F)F. The number of hydrogen-bond donors (Lipinski definition) is 3. The molecule has 3 heterocycles. The molecule has 0 radical (unpaired) electrons. The maximum absolute atomic E-state index is 13.1. The maximum atomic E-state index is 13.1. The lowest BCUT2D eigenvalue weighted by molar-refractivity contribution is -0.321. The number of fused-ring (bicyclic) bond motifs is 2. The van der Waals surface area contributed by atoms with E-state index >= 15 is 0 Å². The summed E-state index contributed by atoms with van der Waals surface area (Å²) in [5.74, 6) is -3.06. The summed E-state index contributed by atoms with van der Waals surface area (Å²) in [6.07, 6.45) is -1.82. The average Bonchev–Trinajstić information content (AvgIpc) is 3.47. The number of ether oxygens (including phenoxy) is 2. The normalized spacial score (nSPS) is 28.0. The predicted molar refractivity (Wildman–Crippen MR) is 112 cm³/mol. The summed E-state index contributed by atoms with van der Waals surface area (Å²) in [6.45, 7) is 2.80. The quantitative estimate of drug-likeness (QED) is 0.401. The number of carbonyl (C=O) groups is 4. The Morgan fingerprint density at radius 1 is 1.15 bits per heavy atom. The fourth-order valence-corrected chi connectivity index (χ4v) is 4.84. The first-order valence-corrected chi connectivity index (χ1v) is 11.7. The average molecular weight is 492 g/mol. The Kier molecular flexibility index (Phi) is 8.22. The van der Waals surface area contributed by atoms with Crippen LogP contribution in [-0.2, 0) is 28.7 Å². The van der Waals surface area contributed by atoms with Crippen molar-refractivity contribution in [2.24, 2.45) is 11.8 Å². The highest BCUT2D eigenvalue weighted by Gasteiger charge is 2.52. The summed E-state index contributed by atoms with van der Waals surface area (Å²) >= 11 is 0. The molecule has 3 fully saturated rings. The van der Waals surface area contributed by atoms with Crippen molar-refractivity contribution in [3.8, 4) is 0 Å². The van der Waals surface area contributed by atoms with Gasteiger partial charge in [0.15, 0.2) is 5.78 Å². The van der Waals surface area contributed by atoms with E-state index < -0.39 is 54.2 Å². The number of alkyl halides is 3. The zero-order valence-corrected chi connectivity index (χ0v) is 19.3. The number of halogens is 3. The molecule has 0 saturated carbocycles. The van der Waals surface area contributed by atoms with Crippen LogP contribution in [0.5, 0.6) is 0 Å². The number of nitrogens with one attached hydrogen (secondary N) is 3. The van der Waals surface area contributed by atoms with Gasteiger partial charge in [-0.05, 0) is 50.9 Å². The Morgan fingerprint density at radius 3 is 2.32 bits per heavy atom. The van der Waals surface area contributed by atoms with Crippen molar-refractivity contribution < 1.29 is 41.8 Å². The first-order valence-electron chi connectivity index (χ1n) is 11.7. The fourth-order valence-electron chi connectivity index (χ4n) is 4.84. The number of amides is 3. The van der Waals surface area contributed by atoms with E-state index in [1.54, 1.807) is 0 Å². The van der Waals surface area contributed by atoms with E-state index in [4.69, 9.17) is 4.74 Å². The van der Waals surface area contributed by atoms with Crippen LogP contribution < -0.4 is 16.0 Å². The molecule has 3 aliphatic rings. The minimum Gasteiger partial charge on any atom is -0.362 e. The number of ketones is 1. The molecule has 0 aromatic heterocycles. The molecule has 3 N–H and O–H groups in total. The van der Waals surface area contributed by atoms with Crippen molar-refractivity contribution in [2.75, 3.05) is 13.2 Å². The summed E-state index contributed by atoms with van der Waals surface area (Å²) in [5, 5.41) is 7.80. The summed E-state index contributed by atoms with van der Waals surface area (Å²) < 4.78 is 46.9. The van der Waals surface area contributed by atoms with Crippen LogP contribution in [0.1, 0.15) is 58.8 Å². The van der Waals surface area contributed by atoms with Crippen LogP contribution in [0, 0.1) is 11.8 Å². The number of Topliss-reactive ketones (excluding diaryl/α,β-unsaturated/α-hetero) is 1. The van der Waals surface area contributed by atoms with E-state index in [-0.39, 0.29) is 30.8 Å². The zero-order valence-electron chi connectivity index (χ0n) is 19.3. The Hall–Kier alpha value is -2.21. The molecule has 34 heavy (non-hydrogen) atoms. The van der Waals surface area contributed by atoms with Gasteiger partial charge in [0.1, 0.15) is 18.2 Å². The third-order valence-electron chi connectivity index (χ3n) is 6.64. The topological polar surface area (TPSA) is 123 Å². The van der Waals surface area contributed by atoms with Crippen LogP contribution in [0.2, 0.25) is 0 Å². The van der Waals surface area contributed by atoms with Crippen molar-refractivity contribution in [1.29, 1.82) is 0 Å². The molecule has 3 aliphatic heterocycles. The Labute approximate surface area is 195 Å². The van der Waals surface area contributed by atoms with Gasteiger partial charge in [-0.2, -0.15) is 0 Å². The van der Waals surface area contributed by atoms with E-state index in [1.807, 2.05) is 13.8 Å². The summed E-state index contributed by atoms with van der Waals surface area (Å²) in [7, 11) is 0. The van der Waals surface area contributed by atoms with Crippen LogP contribution in [0.4, 0.5) is 13.2 Å². The van der Waals surface area contributed by atoms with Crippen molar-refractivity contribution in [1.82, 2.24) is 16.0 Å². The molecule has 3 saturated heterocycles. The Balaban J connectivity index is 1.70. The summed E-state index contributed by atoms with van der Waals surface area (Å²) in [6, 6.07) is -2.38. The molecule has 2 bridgehead atoms. The maximum Gasteiger partial charge on any atom is 0.522 e. The van der Waals surface area contributed by atoms with Crippen LogP contribution in [0.15, 0.2) is 0 Å². The highest BCUT2D eigenvalue weighted by atomic mass is 19.4. The second-order valence-corrected chi connectivity index (χ2v) is 9.74. The first-order chi connectivity index (χ1) is 15.9. The van der Waals surface area contributed by atoms with E-state index in [2.05, 4.69) is 20.7 Å². The predicted octanol–water partition coefficient (Wildman–Crippen LogP) is 1.35. The van der Waals surface area contributed by atoms with Gasteiger partial charge in [-0.15, -0.1) is 13.2 Å². The molecule has 0 spiro atoms. The molecule has 0 aromatic carbocycles. The molecule has 3 rings (SSSR count). The minimum absolute atomic E-state index is 0.00213. The molecule has 0 aliphatic carbocycles. The third-order valence-corrected chi connectivity index (χ3v) is 6.64. The van der Waals surface area contributed by atoms with Crippen LogP contribution in [-0.4, -0.2) is 66.8 Å². The number of rotatable bonds is 11. The lowest BCUT2D eigenvalue weighted by Crippen LogP contribution is -2.56. The molecular weight excluding hydrogens is 459 g/mol. The molecule has 12 heteroatoms. The van der Waals surface area contributed by atoms with Crippen molar-refractivity contribution in [2.45, 2.75) is 88.9 Å². The van der Waals surface area contributed by atoms with Gasteiger partial charge in [0.2, 0.25) is 11.8 Å². The first kappa shape index (κ1) is 26.4. The largest absolute Gasteiger partial charge is 0.522 e. The third kappa shape index (κ3) is 6.68. The molecule has 0 aromatic rings. The second kappa shape index (κ2) is 10.6. The van der Waals surface area contributed by atoms with E-state index in [1.165, 1.54) is 0 Å². The highest BCUT2D eigenvalue weighted by Crippen LogP contribution is 2.43. The van der Waals surface area contributed by atoms with Gasteiger partial charge in [-0.1, -0.05) is 13.8 Å². The van der Waals surface area contributed by atoms with Gasteiger partial charge in [-0.3, -0.25) is 23.9 Å². The standard InChI is InChI=1S/C22H32F3N3O6/c1-12(2)9-16(28-20(32)21-6-3-14(34-21)4-7-21)19(31)27-15(10-13-5-8-26-18(13)30)17(29)11-33-22(23,24)25/h12-16H,3-11H2,1-2H3,(H,26,30)(H,27,31)(H,28,32)/t13-,14?,15-,16-,21?/m0/s1. The van der Waals surface area contributed by atoms with Crippen LogP contribution in [0.25, 0.3) is 0 Å². The lowest BCUT2D eigenvalue weighted by atomic mass is 9.87. The highest BCUT2D eigenvalue weighted by molar-refractivity contribution is 5.95. The zero-order chi connectivity index (χ0) is 25.1. The molecule has 3 amide bonds. The smallest absolute Gasteiger partial charge is 0.362 e. The molecule has 0 unspecified atom stereocenters.